The summed E-state index contributed by atoms with van der Waals surface area (Å²) in [6.45, 7) is 2.21. The maximum atomic E-state index is 12.4. The van der Waals surface area contributed by atoms with Crippen molar-refractivity contribution < 1.29 is 19.2 Å². The van der Waals surface area contributed by atoms with Crippen molar-refractivity contribution in [2.75, 3.05) is 33.8 Å². The van der Waals surface area contributed by atoms with E-state index in [2.05, 4.69) is 7.05 Å². The molecule has 2 aromatic rings. The summed E-state index contributed by atoms with van der Waals surface area (Å²) in [7, 11) is 4.05. The van der Waals surface area contributed by atoms with Gasteiger partial charge in [-0.1, -0.05) is 30.3 Å². The molecule has 0 aliphatic carbocycles. The van der Waals surface area contributed by atoms with Crippen molar-refractivity contribution in [1.29, 1.82) is 0 Å². The Morgan fingerprint density at radius 1 is 1.00 bits per heavy atom. The minimum absolute atomic E-state index is 0.0102. The van der Waals surface area contributed by atoms with E-state index in [1.807, 2.05) is 30.1 Å². The van der Waals surface area contributed by atoms with Gasteiger partial charge in [-0.25, -0.2) is 0 Å². The molecule has 1 amide bonds. The molecule has 1 fully saturated rings. The summed E-state index contributed by atoms with van der Waals surface area (Å²) >= 11 is 0. The molecule has 0 unspecified atom stereocenters. The average Bonchev–Trinajstić information content (AvgIpc) is 2.72. The number of likely N-dealkylation sites (tertiary alicyclic amines) is 1. The third-order valence-corrected chi connectivity index (χ3v) is 5.26. The highest BCUT2D eigenvalue weighted by Gasteiger charge is 2.26. The number of likely N-dealkylation sites (N-methyl/N-ethyl adjacent to an activating group) is 1. The molecule has 5 nitrogen and oxygen atoms in total. The molecule has 1 aliphatic rings. The summed E-state index contributed by atoms with van der Waals surface area (Å²) in [5.41, 5.74) is 1.26. The molecule has 0 spiro atoms. The molecular weight excluding hydrogens is 340 g/mol. The highest BCUT2D eigenvalue weighted by molar-refractivity contribution is 6.08. The number of nitrogens with zero attached hydrogens (tertiary/aromatic N) is 1. The van der Waals surface area contributed by atoms with E-state index in [0.717, 1.165) is 25.9 Å². The lowest BCUT2D eigenvalue weighted by atomic mass is 10.0. The van der Waals surface area contributed by atoms with E-state index in [0.29, 0.717) is 22.9 Å². The van der Waals surface area contributed by atoms with Gasteiger partial charge < -0.3 is 14.5 Å². The molecule has 1 aliphatic heterocycles. The van der Waals surface area contributed by atoms with Crippen LogP contribution < -0.4 is 9.64 Å². The average molecular weight is 367 g/mol. The molecule has 1 N–H and O–H groups in total. The maximum Gasteiger partial charge on any atom is 0.260 e. The zero-order valence-corrected chi connectivity index (χ0v) is 16.0. The van der Waals surface area contributed by atoms with Crippen molar-refractivity contribution >= 4 is 11.7 Å². The first-order valence-electron chi connectivity index (χ1n) is 9.44. The Bertz CT molecular complexity index is 766. The van der Waals surface area contributed by atoms with E-state index in [1.54, 1.807) is 36.4 Å². The van der Waals surface area contributed by atoms with E-state index in [4.69, 9.17) is 4.74 Å². The standard InChI is InChI=1S/C22H26N2O3/c1-23-14-12-19(13-15-23)24(2)21(25)16-27-20-10-8-18(9-11-20)22(26)17-6-4-3-5-7-17/h3-11,19H,12-16H2,1-2H3/p+1. The van der Waals surface area contributed by atoms with Crippen LogP contribution in [0.25, 0.3) is 0 Å². The summed E-state index contributed by atoms with van der Waals surface area (Å²) in [6.07, 6.45) is 2.06. The third-order valence-electron chi connectivity index (χ3n) is 5.26. The highest BCUT2D eigenvalue weighted by atomic mass is 16.5. The molecule has 142 valence electrons. The zero-order chi connectivity index (χ0) is 19.2. The molecule has 1 saturated heterocycles. The van der Waals surface area contributed by atoms with E-state index < -0.39 is 0 Å². The molecule has 0 bridgehead atoms. The first kappa shape index (κ1) is 19.1. The Balaban J connectivity index is 1.52. The summed E-state index contributed by atoms with van der Waals surface area (Å²) < 4.78 is 5.63. The molecule has 2 aromatic carbocycles. The quantitative estimate of drug-likeness (QED) is 0.786. The minimum Gasteiger partial charge on any atom is -0.484 e. The van der Waals surface area contributed by atoms with Crippen LogP contribution in [0.5, 0.6) is 5.75 Å². The molecule has 3 rings (SSSR count). The molecule has 5 heteroatoms. The number of ketones is 1. The Morgan fingerprint density at radius 2 is 1.59 bits per heavy atom. The van der Waals surface area contributed by atoms with E-state index >= 15 is 0 Å². The fourth-order valence-electron chi connectivity index (χ4n) is 3.39. The lowest BCUT2D eigenvalue weighted by Gasteiger charge is -2.33. The molecule has 0 saturated carbocycles. The fraction of sp³-hybridized carbons (Fsp3) is 0.364. The van der Waals surface area contributed by atoms with Crippen LogP contribution in [0.2, 0.25) is 0 Å². The molecular formula is C22H27N2O3+. The van der Waals surface area contributed by atoms with Gasteiger partial charge in [0, 0.05) is 37.1 Å². The topological polar surface area (TPSA) is 51.0 Å². The Hall–Kier alpha value is -2.66. The number of quaternary nitrogens is 1. The monoisotopic (exact) mass is 367 g/mol. The SMILES string of the molecule is CN(C(=O)COc1ccc(C(=O)c2ccccc2)cc1)C1CC[NH+](C)CC1. The largest absolute Gasteiger partial charge is 0.484 e. The van der Waals surface area contributed by atoms with Gasteiger partial charge in [-0.15, -0.1) is 0 Å². The summed E-state index contributed by atoms with van der Waals surface area (Å²) in [6, 6.07) is 16.4. The van der Waals surface area contributed by atoms with Gasteiger partial charge in [-0.05, 0) is 24.3 Å². The number of benzene rings is 2. The van der Waals surface area contributed by atoms with Gasteiger partial charge in [0.2, 0.25) is 0 Å². The van der Waals surface area contributed by atoms with Gasteiger partial charge in [0.05, 0.1) is 20.1 Å². The number of hydrogen-bond donors (Lipinski definition) is 1. The van der Waals surface area contributed by atoms with Crippen LogP contribution in [0.15, 0.2) is 54.6 Å². The molecule has 1 heterocycles. The lowest BCUT2D eigenvalue weighted by molar-refractivity contribution is -0.885. The van der Waals surface area contributed by atoms with Crippen molar-refractivity contribution in [1.82, 2.24) is 4.90 Å². The number of hydrogen-bond acceptors (Lipinski definition) is 3. The van der Waals surface area contributed by atoms with Crippen LogP contribution in [0.4, 0.5) is 0 Å². The first-order valence-corrected chi connectivity index (χ1v) is 9.44. The van der Waals surface area contributed by atoms with Crippen LogP contribution in [0.1, 0.15) is 28.8 Å². The predicted molar refractivity (Wildman–Crippen MR) is 104 cm³/mol. The van der Waals surface area contributed by atoms with Crippen molar-refractivity contribution in [3.05, 3.63) is 65.7 Å². The third kappa shape index (κ3) is 4.95. The number of rotatable bonds is 6. The van der Waals surface area contributed by atoms with Gasteiger partial charge in [0.15, 0.2) is 12.4 Å². The number of nitrogens with one attached hydrogen (secondary N) is 1. The van der Waals surface area contributed by atoms with Crippen molar-refractivity contribution in [2.24, 2.45) is 0 Å². The lowest BCUT2D eigenvalue weighted by Crippen LogP contribution is -3.10. The van der Waals surface area contributed by atoms with E-state index in [1.165, 1.54) is 4.90 Å². The Kier molecular flexibility index (Phi) is 6.24. The number of piperidine rings is 1. The number of amides is 1. The van der Waals surface area contributed by atoms with Gasteiger partial charge in [0.1, 0.15) is 5.75 Å². The van der Waals surface area contributed by atoms with Crippen molar-refractivity contribution in [2.45, 2.75) is 18.9 Å². The normalized spacial score (nSPS) is 19.3. The van der Waals surface area contributed by atoms with Crippen LogP contribution in [0.3, 0.4) is 0 Å². The van der Waals surface area contributed by atoms with Gasteiger partial charge in [-0.3, -0.25) is 9.59 Å². The molecule has 0 aromatic heterocycles. The summed E-state index contributed by atoms with van der Waals surface area (Å²) in [4.78, 5) is 28.1. The second-order valence-corrected chi connectivity index (χ2v) is 7.20. The maximum absolute atomic E-state index is 12.4. The second kappa shape index (κ2) is 8.82. The number of carbonyl (C=O) groups excluding carboxylic acids is 2. The highest BCUT2D eigenvalue weighted by Crippen LogP contribution is 2.16. The van der Waals surface area contributed by atoms with Crippen molar-refractivity contribution in [3.8, 4) is 5.75 Å². The number of ether oxygens (including phenoxy) is 1. The Morgan fingerprint density at radius 3 is 2.22 bits per heavy atom. The van der Waals surface area contributed by atoms with Crippen LogP contribution in [-0.4, -0.2) is 56.4 Å². The predicted octanol–water partition coefficient (Wildman–Crippen LogP) is 1.43. The van der Waals surface area contributed by atoms with Gasteiger partial charge >= 0.3 is 0 Å². The second-order valence-electron chi connectivity index (χ2n) is 7.20. The minimum atomic E-state index is -0.0256. The number of carbonyl (C=O) groups is 2. The van der Waals surface area contributed by atoms with Crippen molar-refractivity contribution in [3.63, 3.8) is 0 Å². The van der Waals surface area contributed by atoms with Gasteiger partial charge in [-0.2, -0.15) is 0 Å². The van der Waals surface area contributed by atoms with Crippen LogP contribution >= 0.6 is 0 Å². The van der Waals surface area contributed by atoms with Crippen LogP contribution in [-0.2, 0) is 4.79 Å². The first-order chi connectivity index (χ1) is 13.0. The summed E-state index contributed by atoms with van der Waals surface area (Å²) in [5.74, 6) is 0.556. The smallest absolute Gasteiger partial charge is 0.260 e. The Labute approximate surface area is 160 Å². The molecule has 0 atom stereocenters. The fourth-order valence-corrected chi connectivity index (χ4v) is 3.39. The summed E-state index contributed by atoms with van der Waals surface area (Å²) in [5, 5.41) is 0. The molecule has 0 radical (unpaired) electrons. The zero-order valence-electron chi connectivity index (χ0n) is 16.0. The van der Waals surface area contributed by atoms with E-state index in [9.17, 15) is 9.59 Å². The van der Waals surface area contributed by atoms with Crippen LogP contribution in [0, 0.1) is 0 Å². The molecule has 27 heavy (non-hydrogen) atoms. The van der Waals surface area contributed by atoms with Gasteiger partial charge in [0.25, 0.3) is 5.91 Å². The van der Waals surface area contributed by atoms with E-state index in [-0.39, 0.29) is 18.3 Å².